The van der Waals surface area contributed by atoms with E-state index in [-0.39, 0.29) is 17.7 Å². The van der Waals surface area contributed by atoms with Crippen LogP contribution in [-0.2, 0) is 4.79 Å². The summed E-state index contributed by atoms with van der Waals surface area (Å²) in [6.45, 7) is 4.75. The van der Waals surface area contributed by atoms with Gasteiger partial charge in [-0.2, -0.15) is 0 Å². The average molecular weight is 243 g/mol. The molecule has 0 fully saturated rings. The molecular weight excluding hydrogens is 218 g/mol. The monoisotopic (exact) mass is 243 g/mol. The van der Waals surface area contributed by atoms with Gasteiger partial charge >= 0.3 is 0 Å². The van der Waals surface area contributed by atoms with Crippen LogP contribution in [0.5, 0.6) is 0 Å². The topological polar surface area (TPSA) is 87.7 Å². The number of nitrogens with one attached hydrogen (secondary N) is 1. The van der Waals surface area contributed by atoms with Gasteiger partial charge in [-0.3, -0.25) is 4.79 Å². The van der Waals surface area contributed by atoms with Gasteiger partial charge in [-0.05, 0) is 19.3 Å². The van der Waals surface area contributed by atoms with Crippen molar-refractivity contribution in [1.29, 1.82) is 0 Å². The molecule has 0 aliphatic heterocycles. The van der Waals surface area contributed by atoms with Gasteiger partial charge in [0, 0.05) is 18.9 Å². The Hall–Kier alpha value is -1.26. The van der Waals surface area contributed by atoms with Crippen LogP contribution in [0.15, 0.2) is 5.16 Å². The fourth-order valence-electron chi connectivity index (χ4n) is 1.65. The van der Waals surface area contributed by atoms with Gasteiger partial charge in [0.05, 0.1) is 0 Å². The summed E-state index contributed by atoms with van der Waals surface area (Å²) < 4.78 is 0. The summed E-state index contributed by atoms with van der Waals surface area (Å²) in [6, 6.07) is 0. The number of rotatable bonds is 9. The first-order valence-electron chi connectivity index (χ1n) is 6.39. The molecule has 0 aliphatic rings. The van der Waals surface area contributed by atoms with E-state index in [1.165, 1.54) is 0 Å². The lowest BCUT2D eigenvalue weighted by Gasteiger charge is -2.14. The maximum absolute atomic E-state index is 11.8. The summed E-state index contributed by atoms with van der Waals surface area (Å²) in [7, 11) is 0. The largest absolute Gasteiger partial charge is 0.409 e. The summed E-state index contributed by atoms with van der Waals surface area (Å²) in [6.07, 6.45) is 5.25. The second-order valence-corrected chi connectivity index (χ2v) is 4.23. The van der Waals surface area contributed by atoms with E-state index in [0.29, 0.717) is 19.4 Å². The predicted molar refractivity (Wildman–Crippen MR) is 69.0 cm³/mol. The molecule has 0 rings (SSSR count). The van der Waals surface area contributed by atoms with Gasteiger partial charge in [0.2, 0.25) is 5.91 Å². The molecule has 0 saturated carbocycles. The molecule has 1 amide bonds. The van der Waals surface area contributed by atoms with Crippen molar-refractivity contribution in [1.82, 2.24) is 5.32 Å². The fraction of sp³-hybridized carbons (Fsp3) is 0.833. The summed E-state index contributed by atoms with van der Waals surface area (Å²) in [5.74, 6) is 0.455. The maximum Gasteiger partial charge on any atom is 0.223 e. The summed E-state index contributed by atoms with van der Waals surface area (Å²) in [4.78, 5) is 11.8. The molecule has 0 aromatic heterocycles. The molecule has 1 atom stereocenters. The van der Waals surface area contributed by atoms with Gasteiger partial charge < -0.3 is 16.3 Å². The number of carbonyl (C=O) groups excluding carboxylic acids is 1. The fourth-order valence-corrected chi connectivity index (χ4v) is 1.65. The molecule has 0 bridgehead atoms. The quantitative estimate of drug-likeness (QED) is 0.190. The van der Waals surface area contributed by atoms with Crippen LogP contribution in [0.1, 0.15) is 52.4 Å². The van der Waals surface area contributed by atoms with Crippen molar-refractivity contribution in [3.05, 3.63) is 0 Å². The molecule has 5 nitrogen and oxygen atoms in total. The maximum atomic E-state index is 11.8. The van der Waals surface area contributed by atoms with Crippen LogP contribution in [0.2, 0.25) is 0 Å². The Bertz CT molecular complexity index is 242. The lowest BCUT2D eigenvalue weighted by molar-refractivity contribution is -0.125. The van der Waals surface area contributed by atoms with E-state index >= 15 is 0 Å². The number of hydrogen-bond donors (Lipinski definition) is 3. The highest BCUT2D eigenvalue weighted by molar-refractivity contribution is 5.80. The standard InChI is InChI=1S/C12H25N3O2/c1-3-5-7-10(4-2)12(16)14-9-6-8-11(13)15-17/h10,17H,3-9H2,1-2H3,(H2,13,15)(H,14,16). The molecule has 0 spiro atoms. The van der Waals surface area contributed by atoms with E-state index in [1.807, 2.05) is 6.92 Å². The van der Waals surface area contributed by atoms with Crippen LogP contribution in [-0.4, -0.2) is 23.5 Å². The number of carbonyl (C=O) groups is 1. The van der Waals surface area contributed by atoms with Crippen LogP contribution in [0.3, 0.4) is 0 Å². The predicted octanol–water partition coefficient (Wildman–Crippen LogP) is 1.85. The lowest BCUT2D eigenvalue weighted by Crippen LogP contribution is -2.31. The third-order valence-corrected chi connectivity index (χ3v) is 2.81. The number of oxime groups is 1. The van der Waals surface area contributed by atoms with Crippen LogP contribution >= 0.6 is 0 Å². The van der Waals surface area contributed by atoms with Crippen molar-refractivity contribution in [3.8, 4) is 0 Å². The van der Waals surface area contributed by atoms with E-state index in [2.05, 4.69) is 17.4 Å². The van der Waals surface area contributed by atoms with Crippen LogP contribution in [0, 0.1) is 5.92 Å². The Labute approximate surface area is 103 Å². The van der Waals surface area contributed by atoms with Crippen LogP contribution < -0.4 is 11.1 Å². The van der Waals surface area contributed by atoms with Crippen molar-refractivity contribution in [2.45, 2.75) is 52.4 Å². The third-order valence-electron chi connectivity index (χ3n) is 2.81. The molecule has 1 unspecified atom stereocenters. The highest BCUT2D eigenvalue weighted by atomic mass is 16.4. The molecule has 0 aliphatic carbocycles. The molecule has 5 heteroatoms. The number of amidine groups is 1. The molecular formula is C12H25N3O2. The third kappa shape index (κ3) is 7.60. The Morgan fingerprint density at radius 2 is 2.12 bits per heavy atom. The number of hydrogen-bond acceptors (Lipinski definition) is 3. The zero-order valence-corrected chi connectivity index (χ0v) is 10.9. The van der Waals surface area contributed by atoms with Gasteiger partial charge in [-0.1, -0.05) is 31.8 Å². The number of nitrogens with two attached hydrogens (primary N) is 1. The summed E-state index contributed by atoms with van der Waals surface area (Å²) in [5, 5.41) is 14.1. The Morgan fingerprint density at radius 3 is 2.65 bits per heavy atom. The average Bonchev–Trinajstić information content (AvgIpc) is 2.35. The van der Waals surface area contributed by atoms with Crippen molar-refractivity contribution >= 4 is 11.7 Å². The molecule has 100 valence electrons. The van der Waals surface area contributed by atoms with E-state index in [4.69, 9.17) is 10.9 Å². The second kappa shape index (κ2) is 9.93. The van der Waals surface area contributed by atoms with Gasteiger partial charge in [0.15, 0.2) is 0 Å². The summed E-state index contributed by atoms with van der Waals surface area (Å²) >= 11 is 0. The highest BCUT2D eigenvalue weighted by Gasteiger charge is 2.14. The van der Waals surface area contributed by atoms with Crippen molar-refractivity contribution in [2.24, 2.45) is 16.8 Å². The second-order valence-electron chi connectivity index (χ2n) is 4.23. The SMILES string of the molecule is CCCCC(CC)C(=O)NCCCC(N)=NO. The van der Waals surface area contributed by atoms with Crippen LogP contribution in [0.4, 0.5) is 0 Å². The van der Waals surface area contributed by atoms with Crippen molar-refractivity contribution in [3.63, 3.8) is 0 Å². The van der Waals surface area contributed by atoms with E-state index in [0.717, 1.165) is 25.7 Å². The molecule has 0 aromatic rings. The zero-order chi connectivity index (χ0) is 13.1. The molecule has 4 N–H and O–H groups in total. The van der Waals surface area contributed by atoms with Gasteiger partial charge in [-0.15, -0.1) is 0 Å². The Balaban J connectivity index is 3.75. The zero-order valence-electron chi connectivity index (χ0n) is 10.9. The highest BCUT2D eigenvalue weighted by Crippen LogP contribution is 2.12. The van der Waals surface area contributed by atoms with E-state index in [9.17, 15) is 4.79 Å². The minimum Gasteiger partial charge on any atom is -0.409 e. The Kier molecular flexibility index (Phi) is 9.19. The summed E-state index contributed by atoms with van der Waals surface area (Å²) in [5.41, 5.74) is 5.33. The van der Waals surface area contributed by atoms with Gasteiger partial charge in [0.1, 0.15) is 5.84 Å². The van der Waals surface area contributed by atoms with E-state index in [1.54, 1.807) is 0 Å². The van der Waals surface area contributed by atoms with Crippen molar-refractivity contribution < 1.29 is 10.0 Å². The number of unbranched alkanes of at least 4 members (excludes halogenated alkanes) is 1. The first-order valence-corrected chi connectivity index (χ1v) is 6.39. The first-order chi connectivity index (χ1) is 8.15. The molecule has 0 saturated heterocycles. The molecule has 17 heavy (non-hydrogen) atoms. The number of nitrogens with zero attached hydrogens (tertiary/aromatic N) is 1. The minimum atomic E-state index is 0.124. The minimum absolute atomic E-state index is 0.124. The molecule has 0 heterocycles. The van der Waals surface area contributed by atoms with E-state index < -0.39 is 0 Å². The van der Waals surface area contributed by atoms with Crippen LogP contribution in [0.25, 0.3) is 0 Å². The smallest absolute Gasteiger partial charge is 0.223 e. The molecule has 0 radical (unpaired) electrons. The van der Waals surface area contributed by atoms with Crippen molar-refractivity contribution in [2.75, 3.05) is 6.54 Å². The lowest BCUT2D eigenvalue weighted by atomic mass is 9.98. The molecule has 0 aromatic carbocycles. The Morgan fingerprint density at radius 1 is 1.41 bits per heavy atom. The first kappa shape index (κ1) is 15.7. The number of amides is 1. The normalized spacial score (nSPS) is 13.4. The van der Waals surface area contributed by atoms with Gasteiger partial charge in [-0.25, -0.2) is 0 Å². The van der Waals surface area contributed by atoms with Gasteiger partial charge in [0.25, 0.3) is 0 Å².